The lowest BCUT2D eigenvalue weighted by atomic mass is 10.7. The number of ether oxygens (including phenoxy) is 1. The average molecular weight is 306 g/mol. The fourth-order valence-corrected chi connectivity index (χ4v) is 1.13. The summed E-state index contributed by atoms with van der Waals surface area (Å²) in [7, 11) is 0. The number of carbonyl (C=O) groups excluding carboxylic acids is 1. The van der Waals surface area contributed by atoms with Gasteiger partial charge in [-0.05, 0) is 22.6 Å². The van der Waals surface area contributed by atoms with E-state index in [4.69, 9.17) is 0 Å². The summed E-state index contributed by atoms with van der Waals surface area (Å²) in [5, 5.41) is 3.01. The molecular formula is C5H2F3IN2O2. The first-order valence-corrected chi connectivity index (χ1v) is 3.95. The first-order chi connectivity index (χ1) is 5.96. The Balaban J connectivity index is 3.14. The molecule has 0 spiro atoms. The van der Waals surface area contributed by atoms with Gasteiger partial charge < -0.3 is 4.74 Å². The lowest BCUT2D eigenvalue weighted by Crippen LogP contribution is -2.19. The quantitative estimate of drug-likeness (QED) is 0.614. The van der Waals surface area contributed by atoms with Gasteiger partial charge in [-0.25, -0.2) is 0 Å². The van der Waals surface area contributed by atoms with Gasteiger partial charge in [-0.3, -0.25) is 4.79 Å². The van der Waals surface area contributed by atoms with Crippen LogP contribution in [-0.4, -0.2) is 16.3 Å². The average Bonchev–Trinajstić information content (AvgIpc) is 2.32. The van der Waals surface area contributed by atoms with E-state index in [0.717, 1.165) is 6.20 Å². The van der Waals surface area contributed by atoms with Gasteiger partial charge in [0, 0.05) is 0 Å². The molecule has 0 saturated carbocycles. The minimum atomic E-state index is -4.68. The molecule has 1 rings (SSSR count). The highest BCUT2D eigenvalue weighted by Gasteiger charge is 2.36. The van der Waals surface area contributed by atoms with Crippen LogP contribution >= 0.6 is 22.6 Å². The summed E-state index contributed by atoms with van der Waals surface area (Å²) in [5.41, 5.74) is 0. The Hall–Kier alpha value is -0.800. The zero-order chi connectivity index (χ0) is 10.1. The molecule has 4 nitrogen and oxygen atoms in total. The Morgan fingerprint density at radius 3 is 2.69 bits per heavy atom. The van der Waals surface area contributed by atoms with Crippen molar-refractivity contribution in [2.75, 3.05) is 0 Å². The maximum absolute atomic E-state index is 12.1. The van der Waals surface area contributed by atoms with Crippen LogP contribution in [0.4, 0.5) is 13.2 Å². The first kappa shape index (κ1) is 10.3. The smallest absolute Gasteiger partial charge is 0.408 e. The first-order valence-electron chi connectivity index (χ1n) is 2.88. The Morgan fingerprint density at radius 2 is 2.23 bits per heavy atom. The van der Waals surface area contributed by atoms with E-state index in [2.05, 4.69) is 9.84 Å². The lowest BCUT2D eigenvalue weighted by Gasteiger charge is -2.08. The van der Waals surface area contributed by atoms with Gasteiger partial charge >= 0.3 is 6.30 Å². The van der Waals surface area contributed by atoms with Crippen LogP contribution in [0.3, 0.4) is 0 Å². The third kappa shape index (κ3) is 2.11. The van der Waals surface area contributed by atoms with E-state index in [1.807, 2.05) is 0 Å². The molecule has 0 N–H and O–H groups in total. The third-order valence-electron chi connectivity index (χ3n) is 1.08. The molecule has 1 aromatic heterocycles. The fraction of sp³-hybridized carbons (Fsp3) is 0.200. The van der Waals surface area contributed by atoms with Gasteiger partial charge in [-0.2, -0.15) is 5.10 Å². The molecule has 0 aliphatic rings. The summed E-state index contributed by atoms with van der Waals surface area (Å²) in [6, 6.07) is 0. The minimum Gasteiger partial charge on any atom is -0.408 e. The number of aromatic nitrogens is 2. The molecule has 0 bridgehead atoms. The van der Waals surface area contributed by atoms with Gasteiger partial charge in [0.25, 0.3) is 6.47 Å². The van der Waals surface area contributed by atoms with Crippen LogP contribution in [0.15, 0.2) is 6.20 Å². The summed E-state index contributed by atoms with van der Waals surface area (Å²) in [6.07, 6.45) is -3.73. The van der Waals surface area contributed by atoms with Crippen molar-refractivity contribution >= 4 is 29.1 Å². The number of carbonyl (C=O) groups is 1. The Kier molecular flexibility index (Phi) is 2.78. The van der Waals surface area contributed by atoms with E-state index in [9.17, 15) is 18.0 Å². The molecule has 0 atom stereocenters. The molecule has 0 aliphatic heterocycles. The number of alkyl halides is 3. The highest BCUT2D eigenvalue weighted by atomic mass is 127. The largest absolute Gasteiger partial charge is 0.507 e. The van der Waals surface area contributed by atoms with Crippen LogP contribution in [0.2, 0.25) is 0 Å². The van der Waals surface area contributed by atoms with Crippen LogP contribution in [0, 0.1) is 3.57 Å². The molecule has 0 unspecified atom stereocenters. The van der Waals surface area contributed by atoms with E-state index >= 15 is 0 Å². The van der Waals surface area contributed by atoms with Gasteiger partial charge in [0.1, 0.15) is 0 Å². The summed E-state index contributed by atoms with van der Waals surface area (Å²) < 4.78 is 40.2. The zero-order valence-electron chi connectivity index (χ0n) is 5.88. The van der Waals surface area contributed by atoms with Crippen molar-refractivity contribution in [2.24, 2.45) is 0 Å². The van der Waals surface area contributed by atoms with Crippen molar-refractivity contribution in [1.82, 2.24) is 9.78 Å². The number of rotatable bonds is 2. The topological polar surface area (TPSA) is 44.1 Å². The summed E-state index contributed by atoms with van der Waals surface area (Å²) in [6.45, 7) is -0.0819. The van der Waals surface area contributed by atoms with E-state index < -0.39 is 12.2 Å². The van der Waals surface area contributed by atoms with Crippen LogP contribution in [0.1, 0.15) is 0 Å². The van der Waals surface area contributed by atoms with Crippen LogP contribution < -0.4 is 4.74 Å². The molecule has 8 heteroatoms. The second-order valence-electron chi connectivity index (χ2n) is 1.89. The lowest BCUT2D eigenvalue weighted by molar-refractivity contribution is -0.214. The van der Waals surface area contributed by atoms with Crippen LogP contribution in [0.25, 0.3) is 0 Å². The zero-order valence-corrected chi connectivity index (χ0v) is 8.03. The second kappa shape index (κ2) is 3.52. The molecule has 0 aliphatic carbocycles. The van der Waals surface area contributed by atoms with Gasteiger partial charge in [0.05, 0.1) is 9.77 Å². The SMILES string of the molecule is O=COc1c(I)cnn1C(F)(F)F. The monoisotopic (exact) mass is 306 g/mol. The van der Waals surface area contributed by atoms with Crippen molar-refractivity contribution < 1.29 is 22.7 Å². The molecule has 0 aromatic carbocycles. The molecule has 1 aromatic rings. The van der Waals surface area contributed by atoms with Crippen molar-refractivity contribution in [1.29, 1.82) is 0 Å². The molecule has 0 saturated heterocycles. The van der Waals surface area contributed by atoms with Crippen molar-refractivity contribution in [3.8, 4) is 5.88 Å². The maximum Gasteiger partial charge on any atom is 0.507 e. The van der Waals surface area contributed by atoms with Gasteiger partial charge in [-0.15, -0.1) is 17.9 Å². The summed E-state index contributed by atoms with van der Waals surface area (Å²) in [5.74, 6) is -0.622. The molecular weight excluding hydrogens is 304 g/mol. The summed E-state index contributed by atoms with van der Waals surface area (Å²) >= 11 is 1.58. The maximum atomic E-state index is 12.1. The molecule has 0 radical (unpaired) electrons. The molecule has 72 valence electrons. The van der Waals surface area contributed by atoms with E-state index in [-0.39, 0.29) is 14.7 Å². The number of halogens is 4. The van der Waals surface area contributed by atoms with Crippen molar-refractivity contribution in [2.45, 2.75) is 6.30 Å². The second-order valence-corrected chi connectivity index (χ2v) is 3.05. The molecule has 13 heavy (non-hydrogen) atoms. The number of hydrogen-bond acceptors (Lipinski definition) is 3. The standard InChI is InChI=1S/C5H2F3IN2O2/c6-5(7,8)11-4(13-2-12)3(9)1-10-11/h1-2H. The van der Waals surface area contributed by atoms with Crippen LogP contribution in [-0.2, 0) is 11.1 Å². The predicted molar refractivity (Wildman–Crippen MR) is 42.9 cm³/mol. The highest BCUT2D eigenvalue weighted by Crippen LogP contribution is 2.30. The molecule has 0 fully saturated rings. The number of hydrogen-bond donors (Lipinski definition) is 0. The minimum absolute atomic E-state index is 0.0819. The Morgan fingerprint density at radius 1 is 1.62 bits per heavy atom. The predicted octanol–water partition coefficient (Wildman–Crippen LogP) is 1.50. The van der Waals surface area contributed by atoms with Crippen LogP contribution in [0.5, 0.6) is 5.88 Å². The van der Waals surface area contributed by atoms with Gasteiger partial charge in [0.2, 0.25) is 5.88 Å². The molecule has 0 amide bonds. The Bertz CT molecular complexity index is 322. The highest BCUT2D eigenvalue weighted by molar-refractivity contribution is 14.1. The van der Waals surface area contributed by atoms with Crippen molar-refractivity contribution in [3.05, 3.63) is 9.77 Å². The number of nitrogens with zero attached hydrogens (tertiary/aromatic N) is 2. The molecule has 1 heterocycles. The normalized spacial score (nSPS) is 11.4. The third-order valence-corrected chi connectivity index (χ3v) is 1.82. The van der Waals surface area contributed by atoms with Gasteiger partial charge in [0.15, 0.2) is 0 Å². The van der Waals surface area contributed by atoms with E-state index in [1.165, 1.54) is 0 Å². The van der Waals surface area contributed by atoms with Crippen molar-refractivity contribution in [3.63, 3.8) is 0 Å². The van der Waals surface area contributed by atoms with E-state index in [1.54, 1.807) is 22.6 Å². The summed E-state index contributed by atoms with van der Waals surface area (Å²) in [4.78, 5) is 9.87. The fourth-order valence-electron chi connectivity index (χ4n) is 0.650. The van der Waals surface area contributed by atoms with Gasteiger partial charge in [-0.1, -0.05) is 0 Å². The Labute approximate surface area is 83.8 Å². The van der Waals surface area contributed by atoms with E-state index in [0.29, 0.717) is 0 Å².